The SMILES string of the molecule is CCc1nc2ccccn2c1C(=O)NCCCN1CCOCC1. The Bertz CT molecular complexity index is 662. The van der Waals surface area contributed by atoms with Crippen LogP contribution in [0, 0.1) is 0 Å². The fourth-order valence-electron chi connectivity index (χ4n) is 2.94. The van der Waals surface area contributed by atoms with Gasteiger partial charge in [0.05, 0.1) is 18.9 Å². The molecule has 0 aromatic carbocycles. The Hall–Kier alpha value is -1.92. The molecule has 1 N–H and O–H groups in total. The molecule has 0 atom stereocenters. The monoisotopic (exact) mass is 316 g/mol. The number of carbonyl (C=O) groups excluding carboxylic acids is 1. The van der Waals surface area contributed by atoms with Gasteiger partial charge in [-0.25, -0.2) is 4.98 Å². The molecule has 23 heavy (non-hydrogen) atoms. The fourth-order valence-corrected chi connectivity index (χ4v) is 2.94. The zero-order valence-electron chi connectivity index (χ0n) is 13.6. The average molecular weight is 316 g/mol. The molecule has 6 nitrogen and oxygen atoms in total. The van der Waals surface area contributed by atoms with Crippen molar-refractivity contribution in [3.8, 4) is 0 Å². The number of aromatic nitrogens is 2. The molecule has 1 fully saturated rings. The Morgan fingerprint density at radius 2 is 2.17 bits per heavy atom. The molecule has 3 heterocycles. The van der Waals surface area contributed by atoms with Crippen molar-refractivity contribution in [2.75, 3.05) is 39.4 Å². The second kappa shape index (κ2) is 7.57. The van der Waals surface area contributed by atoms with Crippen molar-refractivity contribution in [3.63, 3.8) is 0 Å². The number of hydrogen-bond acceptors (Lipinski definition) is 4. The van der Waals surface area contributed by atoms with E-state index in [0.29, 0.717) is 12.2 Å². The van der Waals surface area contributed by atoms with Gasteiger partial charge < -0.3 is 10.1 Å². The third kappa shape index (κ3) is 3.71. The van der Waals surface area contributed by atoms with Gasteiger partial charge in [-0.15, -0.1) is 0 Å². The van der Waals surface area contributed by atoms with Crippen LogP contribution in [-0.4, -0.2) is 59.6 Å². The lowest BCUT2D eigenvalue weighted by Crippen LogP contribution is -2.38. The summed E-state index contributed by atoms with van der Waals surface area (Å²) in [6.07, 6.45) is 3.59. The van der Waals surface area contributed by atoms with Gasteiger partial charge in [-0.3, -0.25) is 14.1 Å². The molecule has 6 heteroatoms. The predicted molar refractivity (Wildman–Crippen MR) is 88.8 cm³/mol. The number of imidazole rings is 1. The Kier molecular flexibility index (Phi) is 5.25. The summed E-state index contributed by atoms with van der Waals surface area (Å²) in [5.74, 6) is -0.0393. The van der Waals surface area contributed by atoms with Crippen molar-refractivity contribution >= 4 is 11.6 Å². The molecule has 0 radical (unpaired) electrons. The van der Waals surface area contributed by atoms with Crippen LogP contribution in [0.5, 0.6) is 0 Å². The summed E-state index contributed by atoms with van der Waals surface area (Å²) in [5.41, 5.74) is 2.33. The van der Waals surface area contributed by atoms with Crippen molar-refractivity contribution < 1.29 is 9.53 Å². The highest BCUT2D eigenvalue weighted by molar-refractivity contribution is 5.94. The van der Waals surface area contributed by atoms with Gasteiger partial charge >= 0.3 is 0 Å². The van der Waals surface area contributed by atoms with Gasteiger partial charge in [-0.05, 0) is 31.5 Å². The average Bonchev–Trinajstić information content (AvgIpc) is 2.98. The summed E-state index contributed by atoms with van der Waals surface area (Å²) in [6, 6.07) is 5.78. The molecule has 0 unspecified atom stereocenters. The number of aryl methyl sites for hydroxylation is 1. The molecule has 1 aliphatic rings. The van der Waals surface area contributed by atoms with Crippen LogP contribution in [0.1, 0.15) is 29.5 Å². The first-order valence-electron chi connectivity index (χ1n) is 8.34. The van der Waals surface area contributed by atoms with Crippen LogP contribution in [0.4, 0.5) is 0 Å². The van der Waals surface area contributed by atoms with E-state index in [1.165, 1.54) is 0 Å². The Morgan fingerprint density at radius 1 is 1.35 bits per heavy atom. The molecule has 0 saturated carbocycles. The lowest BCUT2D eigenvalue weighted by molar-refractivity contribution is 0.0374. The van der Waals surface area contributed by atoms with E-state index in [4.69, 9.17) is 4.74 Å². The molecule has 1 amide bonds. The topological polar surface area (TPSA) is 58.9 Å². The van der Waals surface area contributed by atoms with Crippen molar-refractivity contribution in [1.29, 1.82) is 0 Å². The van der Waals surface area contributed by atoms with Crippen LogP contribution in [0.3, 0.4) is 0 Å². The minimum atomic E-state index is -0.0393. The third-order valence-electron chi connectivity index (χ3n) is 4.19. The van der Waals surface area contributed by atoms with Crippen LogP contribution in [0.2, 0.25) is 0 Å². The number of nitrogens with zero attached hydrogens (tertiary/aromatic N) is 3. The Morgan fingerprint density at radius 3 is 2.96 bits per heavy atom. The van der Waals surface area contributed by atoms with Gasteiger partial charge in [-0.2, -0.15) is 0 Å². The van der Waals surface area contributed by atoms with Gasteiger partial charge in [0.2, 0.25) is 0 Å². The number of morpholine rings is 1. The lowest BCUT2D eigenvalue weighted by Gasteiger charge is -2.26. The summed E-state index contributed by atoms with van der Waals surface area (Å²) in [6.45, 7) is 7.30. The number of hydrogen-bond donors (Lipinski definition) is 1. The number of pyridine rings is 1. The van der Waals surface area contributed by atoms with Crippen LogP contribution in [0.25, 0.3) is 5.65 Å². The molecular formula is C17H24N4O2. The second-order valence-corrected chi connectivity index (χ2v) is 5.75. The first kappa shape index (κ1) is 16.0. The third-order valence-corrected chi connectivity index (χ3v) is 4.19. The van der Waals surface area contributed by atoms with E-state index in [9.17, 15) is 4.79 Å². The molecule has 1 saturated heterocycles. The van der Waals surface area contributed by atoms with E-state index in [1.807, 2.05) is 35.7 Å². The van der Waals surface area contributed by atoms with Crippen LogP contribution < -0.4 is 5.32 Å². The molecular weight excluding hydrogens is 292 g/mol. The largest absolute Gasteiger partial charge is 0.379 e. The fraction of sp³-hybridized carbons (Fsp3) is 0.529. The zero-order chi connectivity index (χ0) is 16.1. The summed E-state index contributed by atoms with van der Waals surface area (Å²) < 4.78 is 7.21. The maximum Gasteiger partial charge on any atom is 0.270 e. The number of carbonyl (C=O) groups is 1. The molecule has 2 aromatic heterocycles. The lowest BCUT2D eigenvalue weighted by atomic mass is 10.2. The van der Waals surface area contributed by atoms with E-state index in [1.54, 1.807) is 0 Å². The minimum Gasteiger partial charge on any atom is -0.379 e. The maximum absolute atomic E-state index is 12.5. The molecule has 0 aliphatic carbocycles. The van der Waals surface area contributed by atoms with E-state index in [-0.39, 0.29) is 5.91 Å². The molecule has 2 aromatic rings. The molecule has 1 aliphatic heterocycles. The molecule has 3 rings (SSSR count). The standard InChI is InChI=1S/C17H24N4O2/c1-2-14-16(21-9-4-3-6-15(21)19-14)17(22)18-7-5-8-20-10-12-23-13-11-20/h3-4,6,9H,2,5,7-8,10-13H2,1H3,(H,18,22). The quantitative estimate of drug-likeness (QED) is 0.817. The molecule has 0 spiro atoms. The van der Waals surface area contributed by atoms with Gasteiger partial charge in [0.25, 0.3) is 5.91 Å². The van der Waals surface area contributed by atoms with E-state index < -0.39 is 0 Å². The minimum absolute atomic E-state index is 0.0393. The maximum atomic E-state index is 12.5. The van der Waals surface area contributed by atoms with Crippen molar-refractivity contribution in [3.05, 3.63) is 35.8 Å². The number of fused-ring (bicyclic) bond motifs is 1. The normalized spacial score (nSPS) is 15.9. The van der Waals surface area contributed by atoms with E-state index in [2.05, 4.69) is 15.2 Å². The predicted octanol–water partition coefficient (Wildman–Crippen LogP) is 1.35. The van der Waals surface area contributed by atoms with Gasteiger partial charge in [0, 0.05) is 25.8 Å². The first-order chi connectivity index (χ1) is 11.3. The second-order valence-electron chi connectivity index (χ2n) is 5.75. The molecule has 124 valence electrons. The van der Waals surface area contributed by atoms with Crippen LogP contribution in [-0.2, 0) is 11.2 Å². The molecule has 0 bridgehead atoms. The smallest absolute Gasteiger partial charge is 0.270 e. The summed E-state index contributed by atoms with van der Waals surface area (Å²) >= 11 is 0. The van der Waals surface area contributed by atoms with Crippen molar-refractivity contribution in [2.45, 2.75) is 19.8 Å². The van der Waals surface area contributed by atoms with Crippen LogP contribution in [0.15, 0.2) is 24.4 Å². The van der Waals surface area contributed by atoms with Crippen LogP contribution >= 0.6 is 0 Å². The Labute approximate surface area is 136 Å². The number of nitrogens with one attached hydrogen (secondary N) is 1. The van der Waals surface area contributed by atoms with Crippen molar-refractivity contribution in [2.24, 2.45) is 0 Å². The van der Waals surface area contributed by atoms with E-state index >= 15 is 0 Å². The highest BCUT2D eigenvalue weighted by atomic mass is 16.5. The summed E-state index contributed by atoms with van der Waals surface area (Å²) in [4.78, 5) is 19.5. The van der Waals surface area contributed by atoms with Gasteiger partial charge in [0.15, 0.2) is 0 Å². The highest BCUT2D eigenvalue weighted by Gasteiger charge is 2.17. The number of rotatable bonds is 6. The highest BCUT2D eigenvalue weighted by Crippen LogP contribution is 2.13. The van der Waals surface area contributed by atoms with Gasteiger partial charge in [0.1, 0.15) is 11.3 Å². The Balaban J connectivity index is 1.57. The van der Waals surface area contributed by atoms with E-state index in [0.717, 1.165) is 57.0 Å². The van der Waals surface area contributed by atoms with Gasteiger partial charge in [-0.1, -0.05) is 13.0 Å². The number of amides is 1. The first-order valence-corrected chi connectivity index (χ1v) is 8.34. The zero-order valence-corrected chi connectivity index (χ0v) is 13.6. The summed E-state index contributed by atoms with van der Waals surface area (Å²) in [5, 5.41) is 3.03. The van der Waals surface area contributed by atoms with Crippen molar-refractivity contribution in [1.82, 2.24) is 19.6 Å². The summed E-state index contributed by atoms with van der Waals surface area (Å²) in [7, 11) is 0. The number of ether oxygens (including phenoxy) is 1.